The summed E-state index contributed by atoms with van der Waals surface area (Å²) < 4.78 is 10.4. The highest BCUT2D eigenvalue weighted by Gasteiger charge is 2.26. The molecule has 0 aliphatic heterocycles. The maximum Gasteiger partial charge on any atom is 0.410 e. The lowest BCUT2D eigenvalue weighted by atomic mass is 9.86. The molecule has 27 heavy (non-hydrogen) atoms. The van der Waals surface area contributed by atoms with Crippen LogP contribution in [0.5, 0.6) is 0 Å². The number of aliphatic carboxylic acids is 1. The van der Waals surface area contributed by atoms with Crippen molar-refractivity contribution >= 4 is 18.0 Å². The summed E-state index contributed by atoms with van der Waals surface area (Å²) in [6.07, 6.45) is 0.555. The van der Waals surface area contributed by atoms with E-state index in [1.807, 2.05) is 6.92 Å². The molecule has 158 valence electrons. The molecular formula is C20H37NO6. The molecule has 0 unspecified atom stereocenters. The molecule has 0 heterocycles. The predicted molar refractivity (Wildman–Crippen MR) is 103 cm³/mol. The number of rotatable bonds is 12. The van der Waals surface area contributed by atoms with Gasteiger partial charge in [-0.15, -0.1) is 0 Å². The van der Waals surface area contributed by atoms with Crippen LogP contribution in [-0.4, -0.2) is 36.0 Å². The fraction of sp³-hybridized carbons (Fsp3) is 0.850. The number of esters is 1. The van der Waals surface area contributed by atoms with Gasteiger partial charge in [0, 0.05) is 12.5 Å². The van der Waals surface area contributed by atoms with Gasteiger partial charge in [-0.3, -0.25) is 9.59 Å². The van der Waals surface area contributed by atoms with Crippen molar-refractivity contribution in [3.63, 3.8) is 0 Å². The molecule has 7 nitrogen and oxygen atoms in total. The number of carbonyl (C=O) groups is 3. The Morgan fingerprint density at radius 3 is 1.96 bits per heavy atom. The SMILES string of the molecule is CC[C@H](CC(C)C)C[C@H](CNC(=O)O[C@@H](OC(=O)C(C)C)C(C)C)C(=O)O. The zero-order valence-corrected chi connectivity index (χ0v) is 17.8. The first kappa shape index (κ1) is 25.2. The summed E-state index contributed by atoms with van der Waals surface area (Å²) >= 11 is 0. The van der Waals surface area contributed by atoms with Crippen LogP contribution in [0.15, 0.2) is 0 Å². The van der Waals surface area contributed by atoms with Crippen molar-refractivity contribution < 1.29 is 29.0 Å². The highest BCUT2D eigenvalue weighted by atomic mass is 16.7. The van der Waals surface area contributed by atoms with Crippen LogP contribution < -0.4 is 5.32 Å². The first-order chi connectivity index (χ1) is 12.5. The second-order valence-corrected chi connectivity index (χ2v) is 8.16. The van der Waals surface area contributed by atoms with Gasteiger partial charge in [-0.1, -0.05) is 54.9 Å². The standard InChI is InChI=1S/C20H37NO6/c1-8-15(9-12(2)3)10-16(17(22)23)11-21-20(25)27-19(14(6)7)26-18(24)13(4)5/h12-16,19H,8-11H2,1-7H3,(H,21,25)(H,22,23)/t15-,16-,19-/m1/s1. The zero-order valence-electron chi connectivity index (χ0n) is 17.8. The van der Waals surface area contributed by atoms with Crippen molar-refractivity contribution in [1.82, 2.24) is 5.32 Å². The largest absolute Gasteiger partial charge is 0.481 e. The summed E-state index contributed by atoms with van der Waals surface area (Å²) in [6, 6.07) is 0. The van der Waals surface area contributed by atoms with E-state index in [0.29, 0.717) is 18.3 Å². The third-order valence-electron chi connectivity index (χ3n) is 4.31. The molecule has 0 rings (SSSR count). The van der Waals surface area contributed by atoms with Crippen molar-refractivity contribution in [2.75, 3.05) is 6.54 Å². The van der Waals surface area contributed by atoms with Crippen LogP contribution >= 0.6 is 0 Å². The van der Waals surface area contributed by atoms with E-state index in [0.717, 1.165) is 12.8 Å². The molecule has 0 aromatic carbocycles. The maximum atomic E-state index is 12.1. The van der Waals surface area contributed by atoms with Gasteiger partial charge in [-0.2, -0.15) is 0 Å². The van der Waals surface area contributed by atoms with Gasteiger partial charge in [0.25, 0.3) is 6.29 Å². The topological polar surface area (TPSA) is 102 Å². The number of amides is 1. The minimum Gasteiger partial charge on any atom is -0.481 e. The molecule has 0 aromatic rings. The Balaban J connectivity index is 4.70. The van der Waals surface area contributed by atoms with E-state index in [9.17, 15) is 19.5 Å². The molecule has 0 bridgehead atoms. The highest BCUT2D eigenvalue weighted by molar-refractivity contribution is 5.73. The van der Waals surface area contributed by atoms with Gasteiger partial charge in [0.2, 0.25) is 0 Å². The molecule has 0 aromatic heterocycles. The summed E-state index contributed by atoms with van der Waals surface area (Å²) in [5.74, 6) is -1.85. The average Bonchev–Trinajstić information content (AvgIpc) is 2.55. The van der Waals surface area contributed by atoms with E-state index >= 15 is 0 Å². The molecule has 0 saturated heterocycles. The van der Waals surface area contributed by atoms with Crippen LogP contribution in [0.3, 0.4) is 0 Å². The number of hydrogen-bond acceptors (Lipinski definition) is 5. The maximum absolute atomic E-state index is 12.1. The van der Waals surface area contributed by atoms with E-state index < -0.39 is 30.2 Å². The van der Waals surface area contributed by atoms with Crippen LogP contribution in [-0.2, 0) is 19.1 Å². The fourth-order valence-electron chi connectivity index (χ4n) is 2.67. The molecular weight excluding hydrogens is 350 g/mol. The Kier molecular flexibility index (Phi) is 11.7. The monoisotopic (exact) mass is 387 g/mol. The van der Waals surface area contributed by atoms with Gasteiger partial charge in [0.05, 0.1) is 11.8 Å². The summed E-state index contributed by atoms with van der Waals surface area (Å²) in [5.41, 5.74) is 0. The van der Waals surface area contributed by atoms with E-state index in [1.165, 1.54) is 0 Å². The molecule has 1 amide bonds. The minimum atomic E-state index is -1.01. The number of nitrogens with one attached hydrogen (secondary N) is 1. The van der Waals surface area contributed by atoms with Crippen molar-refractivity contribution in [1.29, 1.82) is 0 Å². The first-order valence-corrected chi connectivity index (χ1v) is 9.85. The second kappa shape index (κ2) is 12.6. The number of alkyl carbamates (subject to hydrolysis) is 1. The fourth-order valence-corrected chi connectivity index (χ4v) is 2.67. The predicted octanol–water partition coefficient (Wildman–Crippen LogP) is 4.06. The number of carboxylic acids is 1. The van der Waals surface area contributed by atoms with Gasteiger partial charge in [0.15, 0.2) is 0 Å². The summed E-state index contributed by atoms with van der Waals surface area (Å²) in [4.78, 5) is 35.3. The number of ether oxygens (including phenoxy) is 2. The minimum absolute atomic E-state index is 0.0221. The van der Waals surface area contributed by atoms with Crippen molar-refractivity contribution in [2.45, 2.75) is 74.0 Å². The van der Waals surface area contributed by atoms with Gasteiger partial charge in [-0.05, 0) is 24.7 Å². The van der Waals surface area contributed by atoms with E-state index in [2.05, 4.69) is 19.2 Å². The Bertz CT molecular complexity index is 475. The smallest absolute Gasteiger partial charge is 0.410 e. The van der Waals surface area contributed by atoms with Crippen LogP contribution in [0.4, 0.5) is 4.79 Å². The molecule has 0 radical (unpaired) electrons. The van der Waals surface area contributed by atoms with Gasteiger partial charge in [0.1, 0.15) is 0 Å². The Hall–Kier alpha value is -1.79. The van der Waals surface area contributed by atoms with E-state index in [-0.39, 0.29) is 18.4 Å². The Labute approximate surface area is 163 Å². The van der Waals surface area contributed by atoms with Crippen LogP contribution in [0.2, 0.25) is 0 Å². The molecule has 0 fully saturated rings. The third-order valence-corrected chi connectivity index (χ3v) is 4.31. The Morgan fingerprint density at radius 1 is 0.963 bits per heavy atom. The molecule has 0 saturated carbocycles. The van der Waals surface area contributed by atoms with Crippen molar-refractivity contribution in [2.24, 2.45) is 29.6 Å². The van der Waals surface area contributed by atoms with Crippen LogP contribution in [0.25, 0.3) is 0 Å². The van der Waals surface area contributed by atoms with Crippen molar-refractivity contribution in [3.8, 4) is 0 Å². The zero-order chi connectivity index (χ0) is 21.1. The van der Waals surface area contributed by atoms with E-state index in [1.54, 1.807) is 27.7 Å². The third kappa shape index (κ3) is 10.8. The first-order valence-electron chi connectivity index (χ1n) is 9.85. The lowest BCUT2D eigenvalue weighted by molar-refractivity contribution is -0.178. The molecule has 0 aliphatic carbocycles. The van der Waals surface area contributed by atoms with Crippen LogP contribution in [0, 0.1) is 29.6 Å². The number of carbonyl (C=O) groups excluding carboxylic acids is 2. The molecule has 0 spiro atoms. The van der Waals surface area contributed by atoms with Gasteiger partial charge < -0.3 is 19.9 Å². The molecule has 7 heteroatoms. The van der Waals surface area contributed by atoms with E-state index in [4.69, 9.17) is 9.47 Å². The number of carboxylic acid groups (broad SMARTS) is 1. The highest BCUT2D eigenvalue weighted by Crippen LogP contribution is 2.23. The summed E-state index contributed by atoms with van der Waals surface area (Å²) in [5, 5.41) is 12.0. The molecule has 3 atom stereocenters. The molecule has 2 N–H and O–H groups in total. The average molecular weight is 388 g/mol. The molecule has 0 aliphatic rings. The van der Waals surface area contributed by atoms with Gasteiger partial charge in [-0.25, -0.2) is 4.79 Å². The quantitative estimate of drug-likeness (QED) is 0.387. The lowest BCUT2D eigenvalue weighted by Crippen LogP contribution is -2.39. The van der Waals surface area contributed by atoms with Gasteiger partial charge >= 0.3 is 18.0 Å². The second-order valence-electron chi connectivity index (χ2n) is 8.16. The summed E-state index contributed by atoms with van der Waals surface area (Å²) in [6.45, 7) is 13.2. The summed E-state index contributed by atoms with van der Waals surface area (Å²) in [7, 11) is 0. The van der Waals surface area contributed by atoms with Crippen molar-refractivity contribution in [3.05, 3.63) is 0 Å². The Morgan fingerprint density at radius 2 is 1.56 bits per heavy atom. The lowest BCUT2D eigenvalue weighted by Gasteiger charge is -2.24. The number of hydrogen-bond donors (Lipinski definition) is 2. The normalized spacial score (nSPS) is 14.7. The van der Waals surface area contributed by atoms with Crippen LogP contribution in [0.1, 0.15) is 67.7 Å².